The van der Waals surface area contributed by atoms with E-state index in [4.69, 9.17) is 26.3 Å². The second kappa shape index (κ2) is 7.30. The smallest absolute Gasteiger partial charge is 0.263 e. The quantitative estimate of drug-likeness (QED) is 0.778. The second-order valence-corrected chi connectivity index (χ2v) is 7.49. The zero-order chi connectivity index (χ0) is 17.9. The van der Waals surface area contributed by atoms with Crippen molar-refractivity contribution in [3.63, 3.8) is 0 Å². The number of benzene rings is 2. The second-order valence-electron chi connectivity index (χ2n) is 4.54. The first-order chi connectivity index (χ1) is 11.3. The zero-order valence-electron chi connectivity index (χ0n) is 12.6. The van der Waals surface area contributed by atoms with E-state index >= 15 is 0 Å². The van der Waals surface area contributed by atoms with Gasteiger partial charge in [-0.05, 0) is 40.2 Å². The lowest BCUT2D eigenvalue weighted by atomic mass is 10.2. The fourth-order valence-corrected chi connectivity index (χ4v) is 4.22. The fraction of sp³-hybridized carbons (Fsp3) is 0.133. The number of hydrogen-bond donors (Lipinski definition) is 1. The van der Waals surface area contributed by atoms with Crippen LogP contribution in [0.1, 0.15) is 5.56 Å². The Morgan fingerprint density at radius 2 is 1.79 bits per heavy atom. The highest BCUT2D eigenvalue weighted by atomic mass is 79.9. The molecule has 24 heavy (non-hydrogen) atoms. The van der Waals surface area contributed by atoms with Crippen LogP contribution in [-0.2, 0) is 10.0 Å². The SMILES string of the molecule is COc1cc(Br)c(S(=O)(=O)Nc2cc(Cl)ccc2C#N)cc1OC. The summed E-state index contributed by atoms with van der Waals surface area (Å²) in [6, 6.07) is 9.02. The van der Waals surface area contributed by atoms with E-state index in [1.54, 1.807) is 0 Å². The van der Waals surface area contributed by atoms with Gasteiger partial charge in [-0.15, -0.1) is 0 Å². The first-order valence-electron chi connectivity index (χ1n) is 6.46. The number of nitriles is 1. The zero-order valence-corrected chi connectivity index (χ0v) is 15.8. The molecule has 2 rings (SSSR count). The van der Waals surface area contributed by atoms with Crippen LogP contribution in [0.2, 0.25) is 5.02 Å². The van der Waals surface area contributed by atoms with Crippen molar-refractivity contribution in [3.05, 3.63) is 45.4 Å². The topological polar surface area (TPSA) is 88.4 Å². The molecule has 0 amide bonds. The molecule has 0 aliphatic carbocycles. The molecule has 0 heterocycles. The number of sulfonamides is 1. The van der Waals surface area contributed by atoms with Crippen LogP contribution in [0.4, 0.5) is 5.69 Å². The van der Waals surface area contributed by atoms with E-state index in [0.29, 0.717) is 10.8 Å². The molecule has 0 atom stereocenters. The third-order valence-corrected chi connectivity index (χ3v) is 5.63. The average molecular weight is 432 g/mol. The third-order valence-electron chi connectivity index (χ3n) is 3.07. The highest BCUT2D eigenvalue weighted by Gasteiger charge is 2.22. The van der Waals surface area contributed by atoms with Crippen LogP contribution >= 0.6 is 27.5 Å². The van der Waals surface area contributed by atoms with Gasteiger partial charge in [0.2, 0.25) is 0 Å². The summed E-state index contributed by atoms with van der Waals surface area (Å²) >= 11 is 9.08. The van der Waals surface area contributed by atoms with E-state index in [2.05, 4.69) is 20.7 Å². The molecule has 0 saturated heterocycles. The number of methoxy groups -OCH3 is 2. The predicted octanol–water partition coefficient (Wildman–Crippen LogP) is 3.79. The van der Waals surface area contributed by atoms with E-state index < -0.39 is 10.0 Å². The maximum atomic E-state index is 12.7. The van der Waals surface area contributed by atoms with Gasteiger partial charge >= 0.3 is 0 Å². The van der Waals surface area contributed by atoms with E-state index in [9.17, 15) is 8.42 Å². The Labute approximate surface area is 153 Å². The lowest BCUT2D eigenvalue weighted by Gasteiger charge is -2.14. The molecule has 0 aromatic heterocycles. The molecule has 0 saturated carbocycles. The molecule has 126 valence electrons. The fourth-order valence-electron chi connectivity index (χ4n) is 1.94. The van der Waals surface area contributed by atoms with Crippen LogP contribution in [0.3, 0.4) is 0 Å². The van der Waals surface area contributed by atoms with Gasteiger partial charge in [0.05, 0.1) is 25.5 Å². The van der Waals surface area contributed by atoms with Gasteiger partial charge < -0.3 is 9.47 Å². The predicted molar refractivity (Wildman–Crippen MR) is 94.2 cm³/mol. The first-order valence-corrected chi connectivity index (χ1v) is 9.11. The van der Waals surface area contributed by atoms with Gasteiger partial charge in [0, 0.05) is 15.6 Å². The highest BCUT2D eigenvalue weighted by molar-refractivity contribution is 9.10. The van der Waals surface area contributed by atoms with Crippen LogP contribution in [0.15, 0.2) is 39.7 Å². The first kappa shape index (κ1) is 18.4. The minimum absolute atomic E-state index is 0.0657. The molecule has 0 unspecified atom stereocenters. The number of rotatable bonds is 5. The molecule has 0 aliphatic rings. The van der Waals surface area contributed by atoms with Crippen molar-refractivity contribution < 1.29 is 17.9 Å². The van der Waals surface area contributed by atoms with E-state index in [1.165, 1.54) is 44.6 Å². The Balaban J connectivity index is 2.53. The Bertz CT molecular complexity index is 926. The van der Waals surface area contributed by atoms with Crippen LogP contribution in [0, 0.1) is 11.3 Å². The van der Waals surface area contributed by atoms with Crippen molar-refractivity contribution >= 4 is 43.2 Å². The molecule has 2 aromatic rings. The van der Waals surface area contributed by atoms with Crippen LogP contribution < -0.4 is 14.2 Å². The number of nitrogens with one attached hydrogen (secondary N) is 1. The lowest BCUT2D eigenvalue weighted by molar-refractivity contribution is 0.353. The molecule has 0 fully saturated rings. The third kappa shape index (κ3) is 3.75. The standard InChI is InChI=1S/C15H12BrClN2O4S/c1-22-13-6-11(16)15(7-14(13)23-2)24(20,21)19-12-5-10(17)4-3-9(12)8-18/h3-7,19H,1-2H3. The molecule has 0 aliphatic heterocycles. The van der Waals surface area contributed by atoms with Crippen molar-refractivity contribution in [2.24, 2.45) is 0 Å². The summed E-state index contributed by atoms with van der Waals surface area (Å²) in [6.45, 7) is 0. The van der Waals surface area contributed by atoms with Crippen molar-refractivity contribution in [1.29, 1.82) is 5.26 Å². The molecule has 6 nitrogen and oxygen atoms in total. The van der Waals surface area contributed by atoms with Gasteiger partial charge in [-0.2, -0.15) is 5.26 Å². The maximum Gasteiger partial charge on any atom is 0.263 e. The summed E-state index contributed by atoms with van der Waals surface area (Å²) in [5.41, 5.74) is 0.242. The summed E-state index contributed by atoms with van der Waals surface area (Å²) in [7, 11) is -1.14. The van der Waals surface area contributed by atoms with Crippen LogP contribution in [-0.4, -0.2) is 22.6 Å². The largest absolute Gasteiger partial charge is 0.493 e. The summed E-state index contributed by atoms with van der Waals surface area (Å²) < 4.78 is 38.3. The Hall–Kier alpha value is -1.95. The Kier molecular flexibility index (Phi) is 5.59. The van der Waals surface area contributed by atoms with Gasteiger partial charge in [-0.3, -0.25) is 4.72 Å². The van der Waals surface area contributed by atoms with Gasteiger partial charge in [0.1, 0.15) is 11.0 Å². The van der Waals surface area contributed by atoms with Crippen molar-refractivity contribution in [1.82, 2.24) is 0 Å². The van der Waals surface area contributed by atoms with Gasteiger partial charge in [-0.25, -0.2) is 8.42 Å². The van der Waals surface area contributed by atoms with E-state index in [-0.39, 0.29) is 26.4 Å². The monoisotopic (exact) mass is 430 g/mol. The number of halogens is 2. The minimum atomic E-state index is -3.99. The summed E-state index contributed by atoms with van der Waals surface area (Å²) in [5, 5.41) is 9.41. The Morgan fingerprint density at radius 3 is 2.38 bits per heavy atom. The number of nitrogens with zero attached hydrogens (tertiary/aromatic N) is 1. The van der Waals surface area contributed by atoms with Gasteiger partial charge in [-0.1, -0.05) is 11.6 Å². The number of ether oxygens (including phenoxy) is 2. The molecule has 0 radical (unpaired) electrons. The van der Waals surface area contributed by atoms with Crippen molar-refractivity contribution in [2.75, 3.05) is 18.9 Å². The molecule has 0 spiro atoms. The summed E-state index contributed by atoms with van der Waals surface area (Å²) in [6.07, 6.45) is 0. The number of hydrogen-bond acceptors (Lipinski definition) is 5. The minimum Gasteiger partial charge on any atom is -0.493 e. The molecular weight excluding hydrogens is 420 g/mol. The average Bonchev–Trinajstić information content (AvgIpc) is 2.54. The van der Waals surface area contributed by atoms with E-state index in [0.717, 1.165) is 0 Å². The molecule has 9 heteroatoms. The molecule has 2 aromatic carbocycles. The van der Waals surface area contributed by atoms with E-state index in [1.807, 2.05) is 6.07 Å². The normalized spacial score (nSPS) is 10.8. The lowest BCUT2D eigenvalue weighted by Crippen LogP contribution is -2.15. The highest BCUT2D eigenvalue weighted by Crippen LogP contribution is 2.36. The van der Waals surface area contributed by atoms with Crippen molar-refractivity contribution in [3.8, 4) is 17.6 Å². The molecule has 1 N–H and O–H groups in total. The Morgan fingerprint density at radius 1 is 1.17 bits per heavy atom. The van der Waals surface area contributed by atoms with Crippen molar-refractivity contribution in [2.45, 2.75) is 4.90 Å². The van der Waals surface area contributed by atoms with Gasteiger partial charge in [0.15, 0.2) is 11.5 Å². The van der Waals surface area contributed by atoms with Crippen LogP contribution in [0.25, 0.3) is 0 Å². The summed E-state index contributed by atoms with van der Waals surface area (Å²) in [5.74, 6) is 0.636. The molecular formula is C15H12BrClN2O4S. The summed E-state index contributed by atoms with van der Waals surface area (Å²) in [4.78, 5) is -0.0657. The van der Waals surface area contributed by atoms with Crippen LogP contribution in [0.5, 0.6) is 11.5 Å². The van der Waals surface area contributed by atoms with Gasteiger partial charge in [0.25, 0.3) is 10.0 Å². The molecule has 0 bridgehead atoms. The number of anilines is 1. The maximum absolute atomic E-state index is 12.7.